The smallest absolute Gasteiger partial charge is 0.235 e. The van der Waals surface area contributed by atoms with Gasteiger partial charge in [0.2, 0.25) is 5.91 Å². The Labute approximate surface area is 182 Å². The third kappa shape index (κ3) is 4.37. The highest BCUT2D eigenvalue weighted by atomic mass is 32.2. The maximum atomic E-state index is 12.5. The number of nitrogens with one attached hydrogen (secondary N) is 1. The molecule has 3 heterocycles. The van der Waals surface area contributed by atoms with Gasteiger partial charge >= 0.3 is 0 Å². The summed E-state index contributed by atoms with van der Waals surface area (Å²) in [5.74, 6) is 2.18. The molecule has 30 heavy (non-hydrogen) atoms. The fraction of sp³-hybridized carbons (Fsp3) is 0.565. The van der Waals surface area contributed by atoms with E-state index in [9.17, 15) is 4.79 Å². The van der Waals surface area contributed by atoms with Gasteiger partial charge in [-0.05, 0) is 57.7 Å². The molecule has 162 valence electrons. The Morgan fingerprint density at radius 3 is 2.80 bits per heavy atom. The van der Waals surface area contributed by atoms with Gasteiger partial charge in [0.05, 0.1) is 34.9 Å². The molecule has 0 bridgehead atoms. The van der Waals surface area contributed by atoms with Crippen LogP contribution in [0.4, 0.5) is 5.82 Å². The van der Waals surface area contributed by atoms with E-state index in [-0.39, 0.29) is 22.8 Å². The first-order valence-electron chi connectivity index (χ1n) is 10.7. The van der Waals surface area contributed by atoms with Gasteiger partial charge in [-0.1, -0.05) is 19.1 Å². The molecule has 2 aromatic rings. The SMILES string of the molecule is CCCOc1ccc([C@@H]2SCC(=O)Nc3c2c(C)nn3[C@H]2CCOC(C)(C)C2)cc1. The minimum absolute atomic E-state index is 0.0270. The summed E-state index contributed by atoms with van der Waals surface area (Å²) >= 11 is 1.65. The van der Waals surface area contributed by atoms with Crippen LogP contribution in [0.15, 0.2) is 24.3 Å². The van der Waals surface area contributed by atoms with Crippen molar-refractivity contribution in [3.63, 3.8) is 0 Å². The number of amides is 1. The lowest BCUT2D eigenvalue weighted by atomic mass is 9.94. The Balaban J connectivity index is 1.69. The number of thioether (sulfide) groups is 1. The van der Waals surface area contributed by atoms with Crippen LogP contribution >= 0.6 is 11.8 Å². The standard InChI is InChI=1S/C23H31N3O3S/c1-5-11-28-18-8-6-16(7-9-18)21-20-15(2)25-26(22(20)24-19(27)14-30-21)17-10-12-29-23(3,4)13-17/h6-9,17,21H,5,10-14H2,1-4H3,(H,24,27)/t17-,21-/m0/s1. The Morgan fingerprint density at radius 2 is 2.10 bits per heavy atom. The van der Waals surface area contributed by atoms with Crippen molar-refractivity contribution >= 4 is 23.5 Å². The highest BCUT2D eigenvalue weighted by Gasteiger charge is 2.36. The van der Waals surface area contributed by atoms with Crippen LogP contribution in [0.1, 0.15) is 68.1 Å². The summed E-state index contributed by atoms with van der Waals surface area (Å²) in [6.45, 7) is 9.80. The molecule has 1 fully saturated rings. The number of fused-ring (bicyclic) bond motifs is 1. The highest BCUT2D eigenvalue weighted by Crippen LogP contribution is 2.45. The minimum Gasteiger partial charge on any atom is -0.494 e. The molecule has 1 aromatic heterocycles. The molecule has 1 amide bonds. The summed E-state index contributed by atoms with van der Waals surface area (Å²) in [6, 6.07) is 8.47. The van der Waals surface area contributed by atoms with E-state index in [1.54, 1.807) is 11.8 Å². The van der Waals surface area contributed by atoms with Crippen molar-refractivity contribution in [2.45, 2.75) is 63.9 Å². The number of rotatable bonds is 5. The molecule has 2 aliphatic heterocycles. The number of aromatic nitrogens is 2. The van der Waals surface area contributed by atoms with E-state index in [1.807, 2.05) is 23.7 Å². The van der Waals surface area contributed by atoms with Crippen molar-refractivity contribution in [2.24, 2.45) is 0 Å². The molecular weight excluding hydrogens is 398 g/mol. The minimum atomic E-state index is -0.188. The molecule has 1 aromatic carbocycles. The first-order chi connectivity index (χ1) is 14.4. The van der Waals surface area contributed by atoms with Crippen LogP contribution in [0, 0.1) is 6.92 Å². The van der Waals surface area contributed by atoms with E-state index in [0.29, 0.717) is 19.0 Å². The predicted octanol–water partition coefficient (Wildman–Crippen LogP) is 4.89. The van der Waals surface area contributed by atoms with E-state index in [4.69, 9.17) is 14.6 Å². The predicted molar refractivity (Wildman–Crippen MR) is 120 cm³/mol. The molecule has 0 aliphatic carbocycles. The molecule has 7 heteroatoms. The zero-order valence-corrected chi connectivity index (χ0v) is 19.1. The van der Waals surface area contributed by atoms with Gasteiger partial charge in [0.15, 0.2) is 0 Å². The number of carbonyl (C=O) groups is 1. The van der Waals surface area contributed by atoms with Crippen LogP contribution < -0.4 is 10.1 Å². The van der Waals surface area contributed by atoms with E-state index in [2.05, 4.69) is 38.2 Å². The zero-order valence-electron chi connectivity index (χ0n) is 18.2. The first kappa shape index (κ1) is 21.2. The number of aryl methyl sites for hydroxylation is 1. The number of hydrogen-bond donors (Lipinski definition) is 1. The molecule has 0 unspecified atom stereocenters. The number of anilines is 1. The zero-order chi connectivity index (χ0) is 21.3. The van der Waals surface area contributed by atoms with Crippen molar-refractivity contribution < 1.29 is 14.3 Å². The van der Waals surface area contributed by atoms with Gasteiger partial charge in [-0.25, -0.2) is 4.68 Å². The molecule has 1 saturated heterocycles. The van der Waals surface area contributed by atoms with Crippen molar-refractivity contribution in [3.05, 3.63) is 41.1 Å². The molecule has 2 atom stereocenters. The topological polar surface area (TPSA) is 65.4 Å². The first-order valence-corrected chi connectivity index (χ1v) is 11.8. The quantitative estimate of drug-likeness (QED) is 0.733. The average molecular weight is 430 g/mol. The number of benzene rings is 1. The molecular formula is C23H31N3O3S. The normalized spacial score (nSPS) is 23.4. The molecule has 4 rings (SSSR count). The van der Waals surface area contributed by atoms with Crippen molar-refractivity contribution in [2.75, 3.05) is 24.3 Å². The molecule has 0 saturated carbocycles. The van der Waals surface area contributed by atoms with E-state index in [0.717, 1.165) is 47.7 Å². The number of nitrogens with zero attached hydrogens (tertiary/aromatic N) is 2. The van der Waals surface area contributed by atoms with Gasteiger partial charge in [0.1, 0.15) is 11.6 Å². The molecule has 0 radical (unpaired) electrons. The Morgan fingerprint density at radius 1 is 1.33 bits per heavy atom. The van der Waals surface area contributed by atoms with Gasteiger partial charge in [-0.2, -0.15) is 5.10 Å². The van der Waals surface area contributed by atoms with Crippen LogP contribution in [0.25, 0.3) is 0 Å². The van der Waals surface area contributed by atoms with Crippen LogP contribution in [0.5, 0.6) is 5.75 Å². The monoisotopic (exact) mass is 429 g/mol. The summed E-state index contributed by atoms with van der Waals surface area (Å²) in [4.78, 5) is 12.5. The molecule has 6 nitrogen and oxygen atoms in total. The third-order valence-corrected chi connectivity index (χ3v) is 6.98. The van der Waals surface area contributed by atoms with Gasteiger partial charge in [-0.15, -0.1) is 11.8 Å². The second-order valence-corrected chi connectivity index (χ2v) is 9.80. The highest BCUT2D eigenvalue weighted by molar-refractivity contribution is 8.00. The summed E-state index contributed by atoms with van der Waals surface area (Å²) in [6.07, 6.45) is 2.75. The second kappa shape index (κ2) is 8.63. The lowest BCUT2D eigenvalue weighted by Gasteiger charge is -2.36. The lowest BCUT2D eigenvalue weighted by Crippen LogP contribution is -2.36. The summed E-state index contributed by atoms with van der Waals surface area (Å²) in [5.41, 5.74) is 3.06. The number of hydrogen-bond acceptors (Lipinski definition) is 5. The van der Waals surface area contributed by atoms with Gasteiger partial charge < -0.3 is 14.8 Å². The maximum Gasteiger partial charge on any atom is 0.235 e. The maximum absolute atomic E-state index is 12.5. The van der Waals surface area contributed by atoms with Gasteiger partial charge in [0.25, 0.3) is 0 Å². The Bertz CT molecular complexity index is 907. The summed E-state index contributed by atoms with van der Waals surface area (Å²) in [7, 11) is 0. The molecule has 1 N–H and O–H groups in total. The Hall–Kier alpha value is -1.99. The van der Waals surface area contributed by atoms with Crippen molar-refractivity contribution in [3.8, 4) is 5.75 Å². The summed E-state index contributed by atoms with van der Waals surface area (Å²) < 4.78 is 13.7. The van der Waals surface area contributed by atoms with Crippen LogP contribution in [-0.4, -0.2) is 40.3 Å². The van der Waals surface area contributed by atoms with Crippen LogP contribution in [0.2, 0.25) is 0 Å². The van der Waals surface area contributed by atoms with Gasteiger partial charge in [-0.3, -0.25) is 4.79 Å². The second-order valence-electron chi connectivity index (χ2n) is 8.70. The Kier molecular flexibility index (Phi) is 6.11. The average Bonchev–Trinajstić information content (AvgIpc) is 2.91. The molecule has 0 spiro atoms. The lowest BCUT2D eigenvalue weighted by molar-refractivity contribution is -0.113. The molecule has 2 aliphatic rings. The van der Waals surface area contributed by atoms with Crippen molar-refractivity contribution in [1.82, 2.24) is 9.78 Å². The van der Waals surface area contributed by atoms with E-state index >= 15 is 0 Å². The summed E-state index contributed by atoms with van der Waals surface area (Å²) in [5, 5.41) is 8.11. The third-order valence-electron chi connectivity index (χ3n) is 5.71. The fourth-order valence-corrected chi connectivity index (χ4v) is 5.49. The largest absolute Gasteiger partial charge is 0.494 e. The number of ether oxygens (including phenoxy) is 2. The van der Waals surface area contributed by atoms with E-state index in [1.165, 1.54) is 0 Å². The fourth-order valence-electron chi connectivity index (χ4n) is 4.30. The van der Waals surface area contributed by atoms with E-state index < -0.39 is 0 Å². The van der Waals surface area contributed by atoms with Crippen LogP contribution in [-0.2, 0) is 9.53 Å². The van der Waals surface area contributed by atoms with Crippen molar-refractivity contribution in [1.29, 1.82) is 0 Å². The number of carbonyl (C=O) groups excluding carboxylic acids is 1. The van der Waals surface area contributed by atoms with Gasteiger partial charge in [0, 0.05) is 12.2 Å². The van der Waals surface area contributed by atoms with Crippen LogP contribution in [0.3, 0.4) is 0 Å².